The molecular formula is C5H15O14P3. The fraction of sp³-hybridized carbons (Fsp3) is 1.00. The summed E-state index contributed by atoms with van der Waals surface area (Å²) in [7, 11) is -14.8. The van der Waals surface area contributed by atoms with Crippen LogP contribution in [0.2, 0.25) is 0 Å². The van der Waals surface area contributed by atoms with E-state index in [9.17, 15) is 14.2 Å². The molecule has 1 rings (SSSR count). The monoisotopic (exact) mass is 392 g/mol. The standard InChI is InChI=1S/C5H12O10P2.H3O4P/c6-2-4-3(7)1-5(13-4)14-17(11,12)15-16(8,9)10;1-5(2,3)4/h3-7H,1-2H2,(H,11,12)(H2,8,9,10);(H3,1,2,3,4)/t3-,4+,5?;/m0./s1. The van der Waals surface area contributed by atoms with Crippen LogP contribution in [0.15, 0.2) is 0 Å². The molecule has 0 bridgehead atoms. The van der Waals surface area contributed by atoms with E-state index in [-0.39, 0.29) is 6.42 Å². The Bertz CT molecular complexity index is 471. The molecule has 4 atom stereocenters. The Morgan fingerprint density at radius 1 is 1.05 bits per heavy atom. The number of ether oxygens (including phenoxy) is 1. The van der Waals surface area contributed by atoms with Gasteiger partial charge >= 0.3 is 23.5 Å². The number of hydrogen-bond acceptors (Lipinski definition) is 8. The highest BCUT2D eigenvalue weighted by Gasteiger charge is 2.41. The van der Waals surface area contributed by atoms with Gasteiger partial charge < -0.3 is 44.3 Å². The zero-order valence-electron chi connectivity index (χ0n) is 10.5. The maximum Gasteiger partial charge on any atom is 0.483 e. The van der Waals surface area contributed by atoms with Gasteiger partial charge in [0.05, 0.1) is 12.7 Å². The summed E-state index contributed by atoms with van der Waals surface area (Å²) >= 11 is 0. The lowest BCUT2D eigenvalue weighted by molar-refractivity contribution is -0.102. The Labute approximate surface area is 123 Å². The zero-order valence-corrected chi connectivity index (χ0v) is 13.2. The number of aliphatic hydroxyl groups excluding tert-OH is 2. The van der Waals surface area contributed by atoms with Gasteiger partial charge in [0.1, 0.15) is 6.10 Å². The molecule has 1 aliphatic heterocycles. The molecule has 2 unspecified atom stereocenters. The summed E-state index contributed by atoms with van der Waals surface area (Å²) in [5.41, 5.74) is 0. The minimum Gasteiger partial charge on any atom is -0.394 e. The molecule has 0 aliphatic carbocycles. The minimum absolute atomic E-state index is 0.236. The molecule has 0 aromatic rings. The number of phosphoric acid groups is 3. The second-order valence-corrected chi connectivity index (χ2v) is 7.56. The maximum atomic E-state index is 11.1. The van der Waals surface area contributed by atoms with Crippen molar-refractivity contribution in [3.8, 4) is 0 Å². The highest BCUT2D eigenvalue weighted by Crippen LogP contribution is 2.58. The van der Waals surface area contributed by atoms with Gasteiger partial charge in [-0.1, -0.05) is 0 Å². The summed E-state index contributed by atoms with van der Waals surface area (Å²) < 4.78 is 42.9. The molecule has 0 radical (unpaired) electrons. The predicted molar refractivity (Wildman–Crippen MR) is 64.7 cm³/mol. The van der Waals surface area contributed by atoms with Gasteiger partial charge in [0.2, 0.25) is 0 Å². The van der Waals surface area contributed by atoms with Gasteiger partial charge in [-0.25, -0.2) is 13.7 Å². The number of aliphatic hydroxyl groups is 2. The van der Waals surface area contributed by atoms with Crippen molar-refractivity contribution in [3.05, 3.63) is 0 Å². The van der Waals surface area contributed by atoms with E-state index in [1.807, 2.05) is 0 Å². The third-order valence-electron chi connectivity index (χ3n) is 1.83. The molecule has 22 heavy (non-hydrogen) atoms. The molecular weight excluding hydrogens is 377 g/mol. The molecule has 1 fully saturated rings. The molecule has 1 aliphatic rings. The third-order valence-corrected chi connectivity index (χ3v) is 4.01. The second-order valence-electron chi connectivity index (χ2n) is 3.75. The van der Waals surface area contributed by atoms with E-state index in [0.29, 0.717) is 0 Å². The van der Waals surface area contributed by atoms with Crippen LogP contribution < -0.4 is 0 Å². The summed E-state index contributed by atoms with van der Waals surface area (Å²) in [4.78, 5) is 47.2. The largest absolute Gasteiger partial charge is 0.483 e. The van der Waals surface area contributed by atoms with Gasteiger partial charge in [-0.15, -0.1) is 0 Å². The van der Waals surface area contributed by atoms with E-state index in [0.717, 1.165) is 0 Å². The Balaban J connectivity index is 0.000000763. The maximum absolute atomic E-state index is 11.1. The van der Waals surface area contributed by atoms with Gasteiger partial charge in [-0.2, -0.15) is 4.31 Å². The van der Waals surface area contributed by atoms with Gasteiger partial charge in [0.15, 0.2) is 6.29 Å². The summed E-state index contributed by atoms with van der Waals surface area (Å²) in [5.74, 6) is 0. The second kappa shape index (κ2) is 8.38. The van der Waals surface area contributed by atoms with E-state index in [1.165, 1.54) is 0 Å². The van der Waals surface area contributed by atoms with Gasteiger partial charge in [-0.3, -0.25) is 4.52 Å². The molecule has 1 saturated heterocycles. The van der Waals surface area contributed by atoms with Crippen molar-refractivity contribution in [2.24, 2.45) is 0 Å². The van der Waals surface area contributed by atoms with Gasteiger partial charge in [-0.05, 0) is 0 Å². The summed E-state index contributed by atoms with van der Waals surface area (Å²) in [5, 5.41) is 18.0. The lowest BCUT2D eigenvalue weighted by atomic mass is 10.2. The van der Waals surface area contributed by atoms with Crippen molar-refractivity contribution in [1.82, 2.24) is 0 Å². The lowest BCUT2D eigenvalue weighted by Gasteiger charge is -2.16. The molecule has 1 heterocycles. The van der Waals surface area contributed by atoms with Crippen molar-refractivity contribution in [2.45, 2.75) is 24.9 Å². The Morgan fingerprint density at radius 2 is 1.50 bits per heavy atom. The first kappa shape index (κ1) is 22.2. The number of hydrogen-bond donors (Lipinski definition) is 8. The normalized spacial score (nSPS) is 28.6. The van der Waals surface area contributed by atoms with Crippen LogP contribution in [-0.2, 0) is 27.3 Å². The van der Waals surface area contributed by atoms with Crippen LogP contribution in [-0.4, -0.2) is 64.7 Å². The minimum atomic E-state index is -5.19. The third kappa shape index (κ3) is 11.8. The molecule has 17 heteroatoms. The fourth-order valence-electron chi connectivity index (χ4n) is 1.22. The quantitative estimate of drug-likeness (QED) is 0.231. The first-order chi connectivity index (χ1) is 9.63. The van der Waals surface area contributed by atoms with Crippen LogP contribution in [0.3, 0.4) is 0 Å². The molecule has 0 aromatic carbocycles. The number of rotatable bonds is 5. The van der Waals surface area contributed by atoms with Crippen molar-refractivity contribution in [3.63, 3.8) is 0 Å². The van der Waals surface area contributed by atoms with Crippen LogP contribution in [0, 0.1) is 0 Å². The summed E-state index contributed by atoms with van der Waals surface area (Å²) in [6.45, 7) is -0.532. The molecule has 0 amide bonds. The Kier molecular flexibility index (Phi) is 8.47. The van der Waals surface area contributed by atoms with Crippen molar-refractivity contribution >= 4 is 23.5 Å². The first-order valence-corrected chi connectivity index (χ1v) is 9.73. The molecule has 8 N–H and O–H groups in total. The van der Waals surface area contributed by atoms with Crippen molar-refractivity contribution in [2.75, 3.05) is 6.61 Å². The average Bonchev–Trinajstić information content (AvgIpc) is 2.50. The van der Waals surface area contributed by atoms with E-state index in [2.05, 4.69) is 8.83 Å². The highest BCUT2D eigenvalue weighted by molar-refractivity contribution is 7.60. The van der Waals surface area contributed by atoms with Crippen molar-refractivity contribution in [1.29, 1.82) is 0 Å². The van der Waals surface area contributed by atoms with Gasteiger partial charge in [0.25, 0.3) is 0 Å². The van der Waals surface area contributed by atoms with Crippen LogP contribution in [0.4, 0.5) is 0 Å². The molecule has 0 saturated carbocycles. The van der Waals surface area contributed by atoms with Crippen LogP contribution in [0.5, 0.6) is 0 Å². The first-order valence-electron chi connectivity index (χ1n) is 5.14. The molecule has 0 spiro atoms. The average molecular weight is 392 g/mol. The van der Waals surface area contributed by atoms with E-state index < -0.39 is 48.6 Å². The van der Waals surface area contributed by atoms with E-state index >= 15 is 0 Å². The van der Waals surface area contributed by atoms with Crippen LogP contribution in [0.25, 0.3) is 0 Å². The van der Waals surface area contributed by atoms with E-state index in [4.69, 9.17) is 43.8 Å². The predicted octanol–water partition coefficient (Wildman–Crippen LogP) is -2.25. The molecule has 14 nitrogen and oxygen atoms in total. The Hall–Kier alpha value is 0.250. The Morgan fingerprint density at radius 3 is 1.82 bits per heavy atom. The van der Waals surface area contributed by atoms with E-state index in [1.54, 1.807) is 0 Å². The summed E-state index contributed by atoms with van der Waals surface area (Å²) in [6, 6.07) is 0. The number of phosphoric ester groups is 1. The fourth-order valence-corrected chi connectivity index (χ4v) is 2.89. The summed E-state index contributed by atoms with van der Waals surface area (Å²) in [6.07, 6.45) is -3.74. The van der Waals surface area contributed by atoms with Crippen LogP contribution in [0.1, 0.15) is 6.42 Å². The molecule has 0 aromatic heterocycles. The van der Waals surface area contributed by atoms with Crippen molar-refractivity contribution < 1.29 is 66.8 Å². The van der Waals surface area contributed by atoms with Crippen LogP contribution >= 0.6 is 23.5 Å². The topological polar surface area (TPSA) is 241 Å². The lowest BCUT2D eigenvalue weighted by Crippen LogP contribution is -2.24. The van der Waals surface area contributed by atoms with Gasteiger partial charge in [0, 0.05) is 6.42 Å². The molecule has 134 valence electrons. The smallest absolute Gasteiger partial charge is 0.394 e. The zero-order chi connectivity index (χ0) is 17.8. The SMILES string of the molecule is O=P(O)(O)O.O=P(O)(O)OP(=O)(O)OC1C[C@H](O)[C@@H](CO)O1. The highest BCUT2D eigenvalue weighted by atomic mass is 31.3.